The van der Waals surface area contributed by atoms with E-state index in [4.69, 9.17) is 0 Å². The van der Waals surface area contributed by atoms with Crippen molar-refractivity contribution in [2.45, 2.75) is 32.2 Å². The van der Waals surface area contributed by atoms with Gasteiger partial charge in [0.1, 0.15) is 0 Å². The summed E-state index contributed by atoms with van der Waals surface area (Å²) in [6.45, 7) is 4.36. The fourth-order valence-corrected chi connectivity index (χ4v) is 1.88. The number of aryl methyl sites for hydroxylation is 2. The van der Waals surface area contributed by atoms with E-state index in [9.17, 15) is 0 Å². The van der Waals surface area contributed by atoms with Gasteiger partial charge in [0.25, 0.3) is 0 Å². The second-order valence-electron chi connectivity index (χ2n) is 4.08. The molecule has 0 amide bonds. The molecule has 1 saturated carbocycles. The predicted molar refractivity (Wildman–Crippen MR) is 56.1 cm³/mol. The topological polar surface area (TPSA) is 12.0 Å². The summed E-state index contributed by atoms with van der Waals surface area (Å²) in [7, 11) is 2.05. The highest BCUT2D eigenvalue weighted by molar-refractivity contribution is 5.35. The molecule has 2 rings (SSSR count). The third kappa shape index (κ3) is 1.61. The summed E-state index contributed by atoms with van der Waals surface area (Å²) in [6.07, 6.45) is 1.30. The largest absolute Gasteiger partial charge is 0.316 e. The normalized spacial score (nSPS) is 26.1. The lowest BCUT2D eigenvalue weighted by atomic mass is 10.0. The molecule has 1 aliphatic carbocycles. The lowest BCUT2D eigenvalue weighted by molar-refractivity contribution is 0.783. The van der Waals surface area contributed by atoms with Gasteiger partial charge in [0.15, 0.2) is 0 Å². The molecule has 1 aliphatic rings. The summed E-state index contributed by atoms with van der Waals surface area (Å²) < 4.78 is 0. The first-order chi connectivity index (χ1) is 6.22. The number of benzene rings is 1. The van der Waals surface area contributed by atoms with Crippen molar-refractivity contribution in [3.05, 3.63) is 34.9 Å². The van der Waals surface area contributed by atoms with Crippen molar-refractivity contribution in [3.8, 4) is 0 Å². The zero-order valence-electron chi connectivity index (χ0n) is 8.59. The first-order valence-corrected chi connectivity index (χ1v) is 4.97. The maximum atomic E-state index is 3.32. The van der Waals surface area contributed by atoms with Crippen LogP contribution in [0.25, 0.3) is 0 Å². The standard InChI is InChI=1S/C12H17N/c1-8-4-5-10(6-9(8)2)11-7-12(11)13-3/h4-6,11-13H,7H2,1-3H3. The van der Waals surface area contributed by atoms with E-state index < -0.39 is 0 Å². The van der Waals surface area contributed by atoms with Gasteiger partial charge in [-0.3, -0.25) is 0 Å². The second kappa shape index (κ2) is 3.15. The Hall–Kier alpha value is -0.820. The van der Waals surface area contributed by atoms with Crippen LogP contribution in [0.5, 0.6) is 0 Å². The van der Waals surface area contributed by atoms with Crippen molar-refractivity contribution >= 4 is 0 Å². The lowest BCUT2D eigenvalue weighted by Gasteiger charge is -2.04. The van der Waals surface area contributed by atoms with Crippen LogP contribution in [-0.4, -0.2) is 13.1 Å². The van der Waals surface area contributed by atoms with Crippen LogP contribution in [0.2, 0.25) is 0 Å². The van der Waals surface area contributed by atoms with Crippen LogP contribution in [0, 0.1) is 13.8 Å². The molecule has 1 aromatic carbocycles. The van der Waals surface area contributed by atoms with E-state index in [-0.39, 0.29) is 0 Å². The van der Waals surface area contributed by atoms with Gasteiger partial charge in [0.05, 0.1) is 0 Å². The van der Waals surface area contributed by atoms with Gasteiger partial charge in [-0.25, -0.2) is 0 Å². The zero-order valence-corrected chi connectivity index (χ0v) is 8.59. The summed E-state index contributed by atoms with van der Waals surface area (Å²) in [5, 5.41) is 3.32. The van der Waals surface area contributed by atoms with Gasteiger partial charge < -0.3 is 5.32 Å². The molecule has 0 spiro atoms. The Bertz CT molecular complexity index is 317. The molecule has 70 valence electrons. The molecule has 0 aliphatic heterocycles. The van der Waals surface area contributed by atoms with E-state index >= 15 is 0 Å². The average Bonchev–Trinajstić information content (AvgIpc) is 2.88. The Morgan fingerprint density at radius 2 is 2.00 bits per heavy atom. The number of rotatable bonds is 2. The van der Waals surface area contributed by atoms with Gasteiger partial charge in [-0.1, -0.05) is 18.2 Å². The fourth-order valence-electron chi connectivity index (χ4n) is 1.88. The molecular formula is C12H17N. The highest BCUT2D eigenvalue weighted by atomic mass is 14.9. The van der Waals surface area contributed by atoms with E-state index in [1.807, 2.05) is 7.05 Å². The van der Waals surface area contributed by atoms with E-state index in [1.54, 1.807) is 0 Å². The van der Waals surface area contributed by atoms with Gasteiger partial charge in [-0.15, -0.1) is 0 Å². The highest BCUT2D eigenvalue weighted by Crippen LogP contribution is 2.40. The van der Waals surface area contributed by atoms with Gasteiger partial charge in [0.2, 0.25) is 0 Å². The van der Waals surface area contributed by atoms with Crippen molar-refractivity contribution < 1.29 is 0 Å². The zero-order chi connectivity index (χ0) is 9.42. The van der Waals surface area contributed by atoms with Crippen molar-refractivity contribution in [2.24, 2.45) is 0 Å². The molecule has 0 heterocycles. The molecule has 0 saturated heterocycles. The molecule has 1 nitrogen and oxygen atoms in total. The quantitative estimate of drug-likeness (QED) is 0.727. The summed E-state index contributed by atoms with van der Waals surface area (Å²) in [5.41, 5.74) is 4.31. The van der Waals surface area contributed by atoms with E-state index in [1.165, 1.54) is 23.1 Å². The minimum absolute atomic E-state index is 0.724. The van der Waals surface area contributed by atoms with Crippen LogP contribution in [0.4, 0.5) is 0 Å². The molecule has 0 radical (unpaired) electrons. The number of hydrogen-bond donors (Lipinski definition) is 1. The second-order valence-corrected chi connectivity index (χ2v) is 4.08. The first kappa shape index (κ1) is 8.76. The Kier molecular flexibility index (Phi) is 2.12. The summed E-state index contributed by atoms with van der Waals surface area (Å²) in [6, 6.07) is 7.55. The van der Waals surface area contributed by atoms with Crippen LogP contribution in [0.3, 0.4) is 0 Å². The third-order valence-corrected chi connectivity index (χ3v) is 3.12. The molecule has 1 heteroatoms. The van der Waals surface area contributed by atoms with E-state index in [0.29, 0.717) is 0 Å². The van der Waals surface area contributed by atoms with Gasteiger partial charge >= 0.3 is 0 Å². The van der Waals surface area contributed by atoms with Gasteiger partial charge in [-0.05, 0) is 44.0 Å². The summed E-state index contributed by atoms with van der Waals surface area (Å²) >= 11 is 0. The minimum Gasteiger partial charge on any atom is -0.316 e. The van der Waals surface area contributed by atoms with Crippen molar-refractivity contribution in [3.63, 3.8) is 0 Å². The van der Waals surface area contributed by atoms with Crippen molar-refractivity contribution in [1.82, 2.24) is 5.32 Å². The maximum Gasteiger partial charge on any atom is 0.0140 e. The molecule has 13 heavy (non-hydrogen) atoms. The molecule has 2 unspecified atom stereocenters. The van der Waals surface area contributed by atoms with Crippen LogP contribution in [0.15, 0.2) is 18.2 Å². The SMILES string of the molecule is CNC1CC1c1ccc(C)c(C)c1. The van der Waals surface area contributed by atoms with Crippen LogP contribution in [0.1, 0.15) is 29.0 Å². The molecule has 0 aromatic heterocycles. The molecular weight excluding hydrogens is 158 g/mol. The number of nitrogens with one attached hydrogen (secondary N) is 1. The maximum absolute atomic E-state index is 3.32. The third-order valence-electron chi connectivity index (χ3n) is 3.12. The molecule has 1 N–H and O–H groups in total. The monoisotopic (exact) mass is 175 g/mol. The van der Waals surface area contributed by atoms with Crippen LogP contribution < -0.4 is 5.32 Å². The van der Waals surface area contributed by atoms with Crippen LogP contribution >= 0.6 is 0 Å². The molecule has 2 atom stereocenters. The fraction of sp³-hybridized carbons (Fsp3) is 0.500. The number of hydrogen-bond acceptors (Lipinski definition) is 1. The smallest absolute Gasteiger partial charge is 0.0140 e. The minimum atomic E-state index is 0.724. The van der Waals surface area contributed by atoms with Crippen LogP contribution in [-0.2, 0) is 0 Å². The van der Waals surface area contributed by atoms with E-state index in [2.05, 4.69) is 37.4 Å². The Balaban J connectivity index is 2.19. The summed E-state index contributed by atoms with van der Waals surface area (Å²) in [4.78, 5) is 0. The van der Waals surface area contributed by atoms with Crippen molar-refractivity contribution in [2.75, 3.05) is 7.05 Å². The molecule has 1 aromatic rings. The average molecular weight is 175 g/mol. The Morgan fingerprint density at radius 1 is 1.23 bits per heavy atom. The highest BCUT2D eigenvalue weighted by Gasteiger charge is 2.36. The van der Waals surface area contributed by atoms with Gasteiger partial charge in [0, 0.05) is 12.0 Å². The van der Waals surface area contributed by atoms with Crippen molar-refractivity contribution in [1.29, 1.82) is 0 Å². The first-order valence-electron chi connectivity index (χ1n) is 4.97. The number of likely N-dealkylation sites (N-methyl/N-ethyl adjacent to an activating group) is 1. The van der Waals surface area contributed by atoms with E-state index in [0.717, 1.165) is 12.0 Å². The summed E-state index contributed by atoms with van der Waals surface area (Å²) in [5.74, 6) is 0.768. The Morgan fingerprint density at radius 3 is 2.54 bits per heavy atom. The molecule has 1 fully saturated rings. The van der Waals surface area contributed by atoms with Gasteiger partial charge in [-0.2, -0.15) is 0 Å². The predicted octanol–water partition coefficient (Wildman–Crippen LogP) is 2.38. The Labute approximate surface area is 80.2 Å². The lowest BCUT2D eigenvalue weighted by Crippen LogP contribution is -2.10. The molecule has 0 bridgehead atoms.